The van der Waals surface area contributed by atoms with Crippen LogP contribution in [0.3, 0.4) is 0 Å². The molecule has 1 aromatic carbocycles. The number of aromatic nitrogens is 2. The van der Waals surface area contributed by atoms with E-state index in [0.717, 1.165) is 43.3 Å². The van der Waals surface area contributed by atoms with Crippen molar-refractivity contribution in [2.24, 2.45) is 5.92 Å². The molecule has 3 rings (SSSR count). The van der Waals surface area contributed by atoms with Gasteiger partial charge in [0.1, 0.15) is 18.0 Å². The molecule has 1 aromatic heterocycles. The second kappa shape index (κ2) is 10.2. The molecule has 1 atom stereocenters. The topological polar surface area (TPSA) is 90.4 Å². The van der Waals surface area contributed by atoms with Crippen molar-refractivity contribution in [3.8, 4) is 0 Å². The number of hydrogen-bond acceptors (Lipinski definition) is 6. The number of carbonyl (C=O) groups excluding carboxylic acids is 1. The molecule has 0 saturated carbocycles. The van der Waals surface area contributed by atoms with Gasteiger partial charge in [-0.2, -0.15) is 0 Å². The quantitative estimate of drug-likeness (QED) is 0.586. The Balaban J connectivity index is 1.42. The van der Waals surface area contributed by atoms with Gasteiger partial charge in [0.05, 0.1) is 0 Å². The monoisotopic (exact) mass is 403 g/mol. The molecule has 28 heavy (non-hydrogen) atoms. The fourth-order valence-corrected chi connectivity index (χ4v) is 3.39. The standard InChI is InChI=1S/C20H26ClN5O2/c21-16-5-7-17(8-6-16)25-20(28)4-1-9-22-18-11-19(24-14-23-18)26-10-2-3-15(12-26)13-27/h5-8,11,14-15,27H,1-4,9-10,12-13H2,(H,25,28)(H,22,23,24). The number of aliphatic hydroxyl groups is 1. The first-order chi connectivity index (χ1) is 13.6. The molecule has 1 aliphatic rings. The van der Waals surface area contributed by atoms with Crippen molar-refractivity contribution in [3.05, 3.63) is 41.7 Å². The van der Waals surface area contributed by atoms with Crippen molar-refractivity contribution in [1.82, 2.24) is 9.97 Å². The summed E-state index contributed by atoms with van der Waals surface area (Å²) in [5.74, 6) is 1.89. The molecule has 0 radical (unpaired) electrons. The van der Waals surface area contributed by atoms with Crippen LogP contribution < -0.4 is 15.5 Å². The zero-order valence-corrected chi connectivity index (χ0v) is 16.5. The largest absolute Gasteiger partial charge is 0.396 e. The zero-order chi connectivity index (χ0) is 19.8. The van der Waals surface area contributed by atoms with Crippen molar-refractivity contribution in [1.29, 1.82) is 0 Å². The molecule has 1 aliphatic heterocycles. The van der Waals surface area contributed by atoms with Crippen LogP contribution >= 0.6 is 11.6 Å². The highest BCUT2D eigenvalue weighted by molar-refractivity contribution is 6.30. The molecule has 2 aromatic rings. The lowest BCUT2D eigenvalue weighted by Gasteiger charge is -2.32. The number of carbonyl (C=O) groups is 1. The third-order valence-corrected chi connectivity index (χ3v) is 5.02. The summed E-state index contributed by atoms with van der Waals surface area (Å²) in [6, 6.07) is 8.98. The molecule has 8 heteroatoms. The van der Waals surface area contributed by atoms with Crippen molar-refractivity contribution in [3.63, 3.8) is 0 Å². The Labute approximate surface area is 170 Å². The number of aliphatic hydroxyl groups excluding tert-OH is 1. The lowest BCUT2D eigenvalue weighted by atomic mass is 9.99. The van der Waals surface area contributed by atoms with E-state index < -0.39 is 0 Å². The van der Waals surface area contributed by atoms with E-state index in [9.17, 15) is 9.90 Å². The summed E-state index contributed by atoms with van der Waals surface area (Å²) in [7, 11) is 0. The SMILES string of the molecule is O=C(CCCNc1cc(N2CCCC(CO)C2)ncn1)Nc1ccc(Cl)cc1. The Hall–Kier alpha value is -2.38. The predicted molar refractivity (Wildman–Crippen MR) is 112 cm³/mol. The number of amides is 1. The predicted octanol–water partition coefficient (Wildman–Crippen LogP) is 3.17. The summed E-state index contributed by atoms with van der Waals surface area (Å²) in [5.41, 5.74) is 0.741. The summed E-state index contributed by atoms with van der Waals surface area (Å²) >= 11 is 5.84. The van der Waals surface area contributed by atoms with Crippen LogP contribution in [0.5, 0.6) is 0 Å². The number of halogens is 1. The average molecular weight is 404 g/mol. The molecule has 3 N–H and O–H groups in total. The van der Waals surface area contributed by atoms with Gasteiger partial charge >= 0.3 is 0 Å². The van der Waals surface area contributed by atoms with Crippen LogP contribution in [0.25, 0.3) is 0 Å². The normalized spacial score (nSPS) is 16.6. The Morgan fingerprint density at radius 1 is 1.29 bits per heavy atom. The lowest BCUT2D eigenvalue weighted by molar-refractivity contribution is -0.116. The molecule has 2 heterocycles. The fourth-order valence-electron chi connectivity index (χ4n) is 3.26. The Kier molecular flexibility index (Phi) is 7.45. The average Bonchev–Trinajstić information content (AvgIpc) is 2.73. The van der Waals surface area contributed by atoms with Crippen LogP contribution in [0, 0.1) is 5.92 Å². The minimum absolute atomic E-state index is 0.0316. The minimum atomic E-state index is -0.0316. The second-order valence-electron chi connectivity index (χ2n) is 6.98. The van der Waals surface area contributed by atoms with Gasteiger partial charge in [-0.15, -0.1) is 0 Å². The third-order valence-electron chi connectivity index (χ3n) is 4.77. The molecule has 1 unspecified atom stereocenters. The Morgan fingerprint density at radius 2 is 2.11 bits per heavy atom. The minimum Gasteiger partial charge on any atom is -0.396 e. The van der Waals surface area contributed by atoms with Gasteiger partial charge in [0.25, 0.3) is 0 Å². The molecular weight excluding hydrogens is 378 g/mol. The van der Waals surface area contributed by atoms with E-state index in [2.05, 4.69) is 25.5 Å². The first-order valence-corrected chi connectivity index (χ1v) is 9.99. The molecule has 1 saturated heterocycles. The van der Waals surface area contributed by atoms with Gasteiger partial charge in [0.15, 0.2) is 0 Å². The van der Waals surface area contributed by atoms with E-state index in [-0.39, 0.29) is 12.5 Å². The van der Waals surface area contributed by atoms with Crippen LogP contribution in [0.1, 0.15) is 25.7 Å². The molecule has 7 nitrogen and oxygen atoms in total. The second-order valence-corrected chi connectivity index (χ2v) is 7.42. The van der Waals surface area contributed by atoms with Crippen molar-refractivity contribution in [2.75, 3.05) is 41.8 Å². The van der Waals surface area contributed by atoms with E-state index in [1.165, 1.54) is 0 Å². The summed E-state index contributed by atoms with van der Waals surface area (Å²) in [4.78, 5) is 22.8. The first kappa shape index (κ1) is 20.4. The van der Waals surface area contributed by atoms with Crippen LogP contribution in [-0.4, -0.2) is 47.2 Å². The number of anilines is 3. The highest BCUT2D eigenvalue weighted by Gasteiger charge is 2.20. The van der Waals surface area contributed by atoms with Gasteiger partial charge in [-0.25, -0.2) is 9.97 Å². The number of nitrogens with one attached hydrogen (secondary N) is 2. The Bertz CT molecular complexity index is 771. The smallest absolute Gasteiger partial charge is 0.224 e. The van der Waals surface area contributed by atoms with Gasteiger partial charge in [0.2, 0.25) is 5.91 Å². The molecule has 1 fully saturated rings. The number of piperidine rings is 1. The first-order valence-electron chi connectivity index (χ1n) is 9.61. The van der Waals surface area contributed by atoms with E-state index >= 15 is 0 Å². The third kappa shape index (κ3) is 6.07. The fraction of sp³-hybridized carbons (Fsp3) is 0.450. The van der Waals surface area contributed by atoms with E-state index in [1.54, 1.807) is 30.6 Å². The summed E-state index contributed by atoms with van der Waals surface area (Å²) in [6.07, 6.45) is 4.77. The van der Waals surface area contributed by atoms with Crippen molar-refractivity contribution >= 4 is 34.8 Å². The van der Waals surface area contributed by atoms with Gasteiger partial charge in [-0.3, -0.25) is 4.79 Å². The maximum atomic E-state index is 12.0. The van der Waals surface area contributed by atoms with E-state index in [0.29, 0.717) is 30.3 Å². The highest BCUT2D eigenvalue weighted by atomic mass is 35.5. The summed E-state index contributed by atoms with van der Waals surface area (Å²) < 4.78 is 0. The maximum absolute atomic E-state index is 12.0. The van der Waals surface area contributed by atoms with Gasteiger partial charge in [-0.1, -0.05) is 11.6 Å². The number of hydrogen-bond donors (Lipinski definition) is 3. The van der Waals surface area contributed by atoms with Crippen molar-refractivity contribution in [2.45, 2.75) is 25.7 Å². The number of benzene rings is 1. The summed E-state index contributed by atoms with van der Waals surface area (Å²) in [5, 5.41) is 16.1. The maximum Gasteiger partial charge on any atom is 0.224 e. The summed E-state index contributed by atoms with van der Waals surface area (Å²) in [6.45, 7) is 2.62. The zero-order valence-electron chi connectivity index (χ0n) is 15.8. The number of nitrogens with zero attached hydrogens (tertiary/aromatic N) is 3. The molecular formula is C20H26ClN5O2. The molecule has 150 valence electrons. The van der Waals surface area contributed by atoms with Crippen LogP contribution in [0.15, 0.2) is 36.7 Å². The van der Waals surface area contributed by atoms with E-state index in [1.807, 2.05) is 6.07 Å². The molecule has 0 bridgehead atoms. The molecule has 0 spiro atoms. The van der Waals surface area contributed by atoms with Crippen molar-refractivity contribution < 1.29 is 9.90 Å². The molecule has 1 amide bonds. The van der Waals surface area contributed by atoms with E-state index in [4.69, 9.17) is 11.6 Å². The van der Waals surface area contributed by atoms with Crippen LogP contribution in [-0.2, 0) is 4.79 Å². The molecule has 0 aliphatic carbocycles. The highest BCUT2D eigenvalue weighted by Crippen LogP contribution is 2.22. The number of rotatable bonds is 8. The Morgan fingerprint density at radius 3 is 2.89 bits per heavy atom. The van der Waals surface area contributed by atoms with Gasteiger partial charge < -0.3 is 20.6 Å². The van der Waals surface area contributed by atoms with Gasteiger partial charge in [-0.05, 0) is 49.4 Å². The van der Waals surface area contributed by atoms with Gasteiger partial charge in [0, 0.05) is 49.4 Å². The van der Waals surface area contributed by atoms with Crippen LogP contribution in [0.2, 0.25) is 5.02 Å². The van der Waals surface area contributed by atoms with Crippen LogP contribution in [0.4, 0.5) is 17.3 Å². The lowest BCUT2D eigenvalue weighted by Crippen LogP contribution is -2.37.